The van der Waals surface area contributed by atoms with Crippen molar-refractivity contribution in [1.82, 2.24) is 10.6 Å². The second-order valence-electron chi connectivity index (χ2n) is 7.14. The van der Waals surface area contributed by atoms with E-state index in [-0.39, 0.29) is 11.4 Å². The van der Waals surface area contributed by atoms with Crippen LogP contribution in [0, 0.1) is 20.8 Å². The van der Waals surface area contributed by atoms with Gasteiger partial charge < -0.3 is 5.32 Å². The molecule has 0 bridgehead atoms. The lowest BCUT2D eigenvalue weighted by atomic mass is 9.84. The van der Waals surface area contributed by atoms with Gasteiger partial charge in [0.1, 0.15) is 0 Å². The van der Waals surface area contributed by atoms with E-state index in [9.17, 15) is 4.79 Å². The molecule has 0 saturated carbocycles. The van der Waals surface area contributed by atoms with Crippen molar-refractivity contribution in [3.05, 3.63) is 34.4 Å². The number of guanidine groups is 1. The van der Waals surface area contributed by atoms with Gasteiger partial charge in [0.25, 0.3) is 5.91 Å². The highest BCUT2D eigenvalue weighted by atomic mass is 16.2. The summed E-state index contributed by atoms with van der Waals surface area (Å²) in [7, 11) is 0. The van der Waals surface area contributed by atoms with Crippen LogP contribution in [0.1, 0.15) is 49.9 Å². The van der Waals surface area contributed by atoms with E-state index < -0.39 is 5.54 Å². The van der Waals surface area contributed by atoms with Crippen molar-refractivity contribution in [3.8, 4) is 0 Å². The molecule has 2 N–H and O–H groups in total. The van der Waals surface area contributed by atoms with Gasteiger partial charge in [0.15, 0.2) is 11.5 Å². The summed E-state index contributed by atoms with van der Waals surface area (Å²) in [6, 6.07) is 4.21. The first-order chi connectivity index (χ1) is 9.53. The number of nitrogens with zero attached hydrogens (tertiary/aromatic N) is 1. The Labute approximate surface area is 127 Å². The Morgan fingerprint density at radius 1 is 1.14 bits per heavy atom. The van der Waals surface area contributed by atoms with Crippen molar-refractivity contribution in [2.24, 2.45) is 4.99 Å². The SMILES string of the molecule is Cc1cc(C)c(C2(C)N=C(NC(C)(C)C)NC2=O)c(C)c1. The summed E-state index contributed by atoms with van der Waals surface area (Å²) >= 11 is 0. The van der Waals surface area contributed by atoms with Crippen LogP contribution in [0.4, 0.5) is 0 Å². The maximum Gasteiger partial charge on any atom is 0.259 e. The summed E-state index contributed by atoms with van der Waals surface area (Å²) in [6.45, 7) is 14.2. The monoisotopic (exact) mass is 287 g/mol. The van der Waals surface area contributed by atoms with E-state index in [1.165, 1.54) is 5.56 Å². The first-order valence-electron chi connectivity index (χ1n) is 7.31. The molecule has 0 saturated heterocycles. The second kappa shape index (κ2) is 4.86. The Kier molecular flexibility index (Phi) is 3.60. The Balaban J connectivity index is 2.50. The van der Waals surface area contributed by atoms with Crippen LogP contribution in [0.25, 0.3) is 0 Å². The molecule has 1 unspecified atom stereocenters. The number of nitrogens with one attached hydrogen (secondary N) is 2. The fourth-order valence-electron chi connectivity index (χ4n) is 3.06. The molecule has 0 fully saturated rings. The predicted octanol–water partition coefficient (Wildman–Crippen LogP) is 2.70. The van der Waals surface area contributed by atoms with Crippen molar-refractivity contribution >= 4 is 11.9 Å². The largest absolute Gasteiger partial charge is 0.351 e. The van der Waals surface area contributed by atoms with Crippen LogP contribution in [-0.4, -0.2) is 17.4 Å². The summed E-state index contributed by atoms with van der Waals surface area (Å²) in [5.41, 5.74) is 3.39. The van der Waals surface area contributed by atoms with Gasteiger partial charge in [0.2, 0.25) is 0 Å². The zero-order chi connectivity index (χ0) is 16.0. The number of amides is 1. The molecule has 1 atom stereocenters. The van der Waals surface area contributed by atoms with Gasteiger partial charge in [-0.15, -0.1) is 0 Å². The molecule has 1 aromatic rings. The zero-order valence-electron chi connectivity index (χ0n) is 14.0. The lowest BCUT2D eigenvalue weighted by Gasteiger charge is -2.23. The fourth-order valence-corrected chi connectivity index (χ4v) is 3.06. The lowest BCUT2D eigenvalue weighted by Crippen LogP contribution is -2.47. The summed E-state index contributed by atoms with van der Waals surface area (Å²) in [4.78, 5) is 17.2. The van der Waals surface area contributed by atoms with Gasteiger partial charge in [-0.2, -0.15) is 0 Å². The van der Waals surface area contributed by atoms with Crippen LogP contribution >= 0.6 is 0 Å². The van der Waals surface area contributed by atoms with Gasteiger partial charge in [-0.1, -0.05) is 17.7 Å². The number of aryl methyl sites for hydroxylation is 3. The van der Waals surface area contributed by atoms with E-state index in [0.29, 0.717) is 5.96 Å². The molecule has 114 valence electrons. The van der Waals surface area contributed by atoms with Crippen molar-refractivity contribution in [2.75, 3.05) is 0 Å². The van der Waals surface area contributed by atoms with E-state index in [2.05, 4.69) is 34.7 Å². The average Bonchev–Trinajstić information content (AvgIpc) is 2.49. The summed E-state index contributed by atoms with van der Waals surface area (Å²) in [5, 5.41) is 6.11. The zero-order valence-corrected chi connectivity index (χ0v) is 14.0. The average molecular weight is 287 g/mol. The maximum atomic E-state index is 12.5. The number of carbonyl (C=O) groups is 1. The Hall–Kier alpha value is -1.84. The smallest absolute Gasteiger partial charge is 0.259 e. The molecule has 1 aromatic carbocycles. The fraction of sp³-hybridized carbons (Fsp3) is 0.529. The lowest BCUT2D eigenvalue weighted by molar-refractivity contribution is -0.123. The molecule has 1 heterocycles. The van der Waals surface area contributed by atoms with Crippen LogP contribution in [0.15, 0.2) is 17.1 Å². The molecule has 1 aliphatic heterocycles. The van der Waals surface area contributed by atoms with Gasteiger partial charge >= 0.3 is 0 Å². The third-order valence-electron chi connectivity index (χ3n) is 3.67. The predicted molar refractivity (Wildman–Crippen MR) is 86.5 cm³/mol. The molecule has 4 heteroatoms. The van der Waals surface area contributed by atoms with E-state index >= 15 is 0 Å². The van der Waals surface area contributed by atoms with Gasteiger partial charge in [-0.05, 0) is 65.2 Å². The van der Waals surface area contributed by atoms with Gasteiger partial charge in [-0.25, -0.2) is 4.99 Å². The van der Waals surface area contributed by atoms with Crippen molar-refractivity contribution in [2.45, 2.75) is 59.5 Å². The minimum absolute atomic E-state index is 0.0793. The molecule has 0 aromatic heterocycles. The number of benzene rings is 1. The van der Waals surface area contributed by atoms with Crippen LogP contribution in [0.2, 0.25) is 0 Å². The van der Waals surface area contributed by atoms with Crippen molar-refractivity contribution in [3.63, 3.8) is 0 Å². The molecule has 0 aliphatic carbocycles. The van der Waals surface area contributed by atoms with E-state index in [1.54, 1.807) is 0 Å². The van der Waals surface area contributed by atoms with E-state index in [1.807, 2.05) is 41.5 Å². The molecule has 2 rings (SSSR count). The summed E-state index contributed by atoms with van der Waals surface area (Å²) in [5.74, 6) is 0.471. The van der Waals surface area contributed by atoms with Crippen LogP contribution in [0.3, 0.4) is 0 Å². The summed E-state index contributed by atoms with van der Waals surface area (Å²) in [6.07, 6.45) is 0. The van der Waals surface area contributed by atoms with Crippen LogP contribution < -0.4 is 10.6 Å². The van der Waals surface area contributed by atoms with Crippen molar-refractivity contribution in [1.29, 1.82) is 0 Å². The van der Waals surface area contributed by atoms with E-state index in [0.717, 1.165) is 16.7 Å². The Bertz CT molecular complexity index is 602. The highest BCUT2D eigenvalue weighted by molar-refractivity contribution is 6.08. The molecule has 0 spiro atoms. The third kappa shape index (κ3) is 2.94. The van der Waals surface area contributed by atoms with Crippen LogP contribution in [0.5, 0.6) is 0 Å². The first kappa shape index (κ1) is 15.5. The number of aliphatic imine (C=N–C) groups is 1. The maximum absolute atomic E-state index is 12.5. The Morgan fingerprint density at radius 3 is 2.14 bits per heavy atom. The minimum atomic E-state index is -0.866. The third-order valence-corrected chi connectivity index (χ3v) is 3.67. The molecule has 4 nitrogen and oxygen atoms in total. The standard InChI is InChI=1S/C17H25N3O/c1-10-8-11(2)13(12(3)9-10)17(7)14(21)18-15(20-17)19-16(4,5)6/h8-9H,1-7H3,(H2,18,19,20,21). The molecular formula is C17H25N3O. The highest BCUT2D eigenvalue weighted by Crippen LogP contribution is 2.34. The summed E-state index contributed by atoms with van der Waals surface area (Å²) < 4.78 is 0. The molecule has 1 aliphatic rings. The Morgan fingerprint density at radius 2 is 1.67 bits per heavy atom. The normalized spacial score (nSPS) is 22.0. The molecule has 21 heavy (non-hydrogen) atoms. The first-order valence-corrected chi connectivity index (χ1v) is 7.31. The second-order valence-corrected chi connectivity index (χ2v) is 7.14. The number of rotatable bonds is 1. The number of hydrogen-bond acceptors (Lipinski definition) is 3. The number of carbonyl (C=O) groups excluding carboxylic acids is 1. The van der Waals surface area contributed by atoms with Gasteiger partial charge in [0.05, 0.1) is 0 Å². The molecular weight excluding hydrogens is 262 g/mol. The highest BCUT2D eigenvalue weighted by Gasteiger charge is 2.43. The molecule has 1 amide bonds. The quantitative estimate of drug-likeness (QED) is 0.834. The van der Waals surface area contributed by atoms with Gasteiger partial charge in [-0.3, -0.25) is 10.1 Å². The van der Waals surface area contributed by atoms with Crippen LogP contribution in [-0.2, 0) is 10.3 Å². The molecule has 0 radical (unpaired) electrons. The topological polar surface area (TPSA) is 53.5 Å². The van der Waals surface area contributed by atoms with Crippen molar-refractivity contribution < 1.29 is 4.79 Å². The van der Waals surface area contributed by atoms with E-state index in [4.69, 9.17) is 0 Å². The van der Waals surface area contributed by atoms with Gasteiger partial charge in [0, 0.05) is 5.54 Å². The number of hydrogen-bond donors (Lipinski definition) is 2. The minimum Gasteiger partial charge on any atom is -0.351 e.